The van der Waals surface area contributed by atoms with Gasteiger partial charge >= 0.3 is 5.97 Å². The molecule has 16 heteroatoms. The number of rotatable bonds is 15. The first kappa shape index (κ1) is 28.6. The minimum absolute atomic E-state index is 0.284. The van der Waals surface area contributed by atoms with Crippen LogP contribution >= 0.6 is 12.6 Å². The second-order valence-corrected chi connectivity index (χ2v) is 7.02. The third kappa shape index (κ3) is 11.1. The number of nitrogens with one attached hydrogen (secondary N) is 3. The third-order valence-corrected chi connectivity index (χ3v) is 4.27. The fraction of sp³-hybridized carbons (Fsp3) is 0.562. The monoisotopic (exact) mass is 477 g/mol. The summed E-state index contributed by atoms with van der Waals surface area (Å²) in [6, 6.07) is -5.87. The average molecular weight is 478 g/mol. The first-order valence-electron chi connectivity index (χ1n) is 9.13. The van der Waals surface area contributed by atoms with Gasteiger partial charge in [-0.3, -0.25) is 28.8 Å². The highest BCUT2D eigenvalue weighted by atomic mass is 32.1. The molecule has 0 bridgehead atoms. The molecule has 180 valence electrons. The molecule has 0 aliphatic carbocycles. The highest BCUT2D eigenvalue weighted by Crippen LogP contribution is 2.03. The van der Waals surface area contributed by atoms with Gasteiger partial charge in [-0.2, -0.15) is 12.6 Å². The Kier molecular flexibility index (Phi) is 12.3. The molecule has 0 heterocycles. The van der Waals surface area contributed by atoms with Gasteiger partial charge in [0, 0.05) is 12.2 Å². The van der Waals surface area contributed by atoms with Crippen LogP contribution in [0.3, 0.4) is 0 Å². The van der Waals surface area contributed by atoms with Crippen LogP contribution in [0.15, 0.2) is 0 Å². The summed E-state index contributed by atoms with van der Waals surface area (Å²) in [7, 11) is 0. The molecule has 0 radical (unpaired) electrons. The fourth-order valence-corrected chi connectivity index (χ4v) is 2.53. The van der Waals surface area contributed by atoms with Crippen molar-refractivity contribution in [3.63, 3.8) is 0 Å². The van der Waals surface area contributed by atoms with E-state index in [0.29, 0.717) is 0 Å². The van der Waals surface area contributed by atoms with E-state index >= 15 is 0 Å². The number of carboxylic acids is 1. The summed E-state index contributed by atoms with van der Waals surface area (Å²) in [5.74, 6) is -7.40. The van der Waals surface area contributed by atoms with Crippen molar-refractivity contribution >= 4 is 54.0 Å². The Bertz CT molecular complexity index is 763. The number of amides is 6. The number of thiol groups is 1. The lowest BCUT2D eigenvalue weighted by Crippen LogP contribution is -2.58. The summed E-state index contributed by atoms with van der Waals surface area (Å²) >= 11 is 3.79. The molecule has 6 amide bonds. The largest absolute Gasteiger partial charge is 0.480 e. The van der Waals surface area contributed by atoms with Crippen molar-refractivity contribution < 1.29 is 38.7 Å². The van der Waals surface area contributed by atoms with Crippen LogP contribution in [0.4, 0.5) is 0 Å². The first-order valence-corrected chi connectivity index (χ1v) is 9.76. The summed E-state index contributed by atoms with van der Waals surface area (Å²) in [6.07, 6.45) is -1.89. The molecule has 0 saturated heterocycles. The Balaban J connectivity index is 5.51. The van der Waals surface area contributed by atoms with Crippen LogP contribution in [0.25, 0.3) is 0 Å². The van der Waals surface area contributed by atoms with Gasteiger partial charge in [-0.05, 0) is 6.42 Å². The number of hydrogen-bond donors (Lipinski definition) is 9. The van der Waals surface area contributed by atoms with Crippen LogP contribution in [0.5, 0.6) is 0 Å². The number of carbonyl (C=O) groups is 7. The lowest BCUT2D eigenvalue weighted by molar-refractivity contribution is -0.141. The maximum atomic E-state index is 12.6. The van der Waals surface area contributed by atoms with Crippen molar-refractivity contribution in [2.45, 2.75) is 49.9 Å². The Hall–Kier alpha value is -3.40. The molecule has 0 spiro atoms. The van der Waals surface area contributed by atoms with E-state index in [1.165, 1.54) is 0 Å². The van der Waals surface area contributed by atoms with Gasteiger partial charge in [0.2, 0.25) is 35.4 Å². The molecule has 0 unspecified atom stereocenters. The van der Waals surface area contributed by atoms with Gasteiger partial charge in [0.1, 0.15) is 18.1 Å². The second-order valence-electron chi connectivity index (χ2n) is 6.66. The first-order chi connectivity index (χ1) is 14.8. The molecular formula is C16H27N7O8S. The molecule has 0 aromatic heterocycles. The number of carboxylic acid groups (broad SMARTS) is 1. The molecule has 0 aliphatic heterocycles. The van der Waals surface area contributed by atoms with Crippen LogP contribution in [0, 0.1) is 0 Å². The van der Waals surface area contributed by atoms with E-state index in [-0.39, 0.29) is 18.6 Å². The summed E-state index contributed by atoms with van der Waals surface area (Å²) < 4.78 is 0. The van der Waals surface area contributed by atoms with Gasteiger partial charge in [0.25, 0.3) is 0 Å². The SMILES string of the molecule is NC(=O)CC[C@H](NC(=O)[C@@H](N)CC(N)=O)C(=O)N[C@@H](CC(N)=O)C(=O)N[C@@H](CS)C(=O)O. The topological polar surface area (TPSA) is 280 Å². The zero-order valence-corrected chi connectivity index (χ0v) is 17.8. The van der Waals surface area contributed by atoms with Crippen LogP contribution in [0.1, 0.15) is 25.7 Å². The predicted octanol–water partition coefficient (Wildman–Crippen LogP) is -5.20. The van der Waals surface area contributed by atoms with Crippen LogP contribution in [-0.4, -0.2) is 76.4 Å². The van der Waals surface area contributed by atoms with E-state index in [1.54, 1.807) is 0 Å². The Morgan fingerprint density at radius 3 is 1.62 bits per heavy atom. The maximum absolute atomic E-state index is 12.6. The van der Waals surface area contributed by atoms with Crippen molar-refractivity contribution in [3.8, 4) is 0 Å². The van der Waals surface area contributed by atoms with Gasteiger partial charge in [0.05, 0.1) is 18.9 Å². The van der Waals surface area contributed by atoms with Gasteiger partial charge < -0.3 is 44.0 Å². The Morgan fingerprint density at radius 2 is 1.19 bits per heavy atom. The number of hydrogen-bond acceptors (Lipinski definition) is 9. The number of primary amides is 3. The van der Waals surface area contributed by atoms with E-state index < -0.39 is 78.4 Å². The summed E-state index contributed by atoms with van der Waals surface area (Å²) in [4.78, 5) is 81.5. The van der Waals surface area contributed by atoms with Gasteiger partial charge in [-0.15, -0.1) is 0 Å². The molecule has 0 rings (SSSR count). The number of nitrogens with two attached hydrogens (primary N) is 4. The molecule has 0 fully saturated rings. The highest BCUT2D eigenvalue weighted by Gasteiger charge is 2.31. The Morgan fingerprint density at radius 1 is 0.719 bits per heavy atom. The summed E-state index contributed by atoms with van der Waals surface area (Å²) in [5, 5.41) is 15.4. The quantitative estimate of drug-likeness (QED) is 0.102. The minimum atomic E-state index is -1.60. The van der Waals surface area contributed by atoms with Crippen LogP contribution in [0.2, 0.25) is 0 Å². The van der Waals surface area contributed by atoms with Gasteiger partial charge in [-0.25, -0.2) is 4.79 Å². The van der Waals surface area contributed by atoms with Gasteiger partial charge in [0.15, 0.2) is 0 Å². The lowest BCUT2D eigenvalue weighted by Gasteiger charge is -2.24. The third-order valence-electron chi connectivity index (χ3n) is 3.91. The molecule has 0 saturated carbocycles. The second kappa shape index (κ2) is 13.8. The Labute approximate surface area is 187 Å². The molecule has 32 heavy (non-hydrogen) atoms. The van der Waals surface area contributed by atoms with E-state index in [9.17, 15) is 33.6 Å². The van der Waals surface area contributed by atoms with Crippen molar-refractivity contribution in [2.75, 3.05) is 5.75 Å². The number of aliphatic carboxylic acids is 1. The van der Waals surface area contributed by atoms with Crippen molar-refractivity contribution in [2.24, 2.45) is 22.9 Å². The van der Waals surface area contributed by atoms with E-state index in [0.717, 1.165) is 0 Å². The molecule has 0 aliphatic rings. The maximum Gasteiger partial charge on any atom is 0.327 e. The minimum Gasteiger partial charge on any atom is -0.480 e. The van der Waals surface area contributed by atoms with Crippen molar-refractivity contribution in [1.29, 1.82) is 0 Å². The molecule has 12 N–H and O–H groups in total. The molecular weight excluding hydrogens is 450 g/mol. The average Bonchev–Trinajstić information content (AvgIpc) is 2.66. The molecule has 0 aromatic carbocycles. The standard InChI is InChI=1S/C16H27N7O8S/c17-6(3-11(19)25)13(27)21-7(1-2-10(18)24)14(28)22-8(4-12(20)26)15(29)23-9(5-32)16(30)31/h6-9,32H,1-5,17H2,(H2,18,24)(H2,19,25)(H2,20,26)(H,21,27)(H,22,28)(H,23,29)(H,30,31)/t6-,7-,8-,9-/m0/s1. The summed E-state index contributed by atoms with van der Waals surface area (Å²) in [6.45, 7) is 0. The van der Waals surface area contributed by atoms with E-state index in [2.05, 4.69) is 28.6 Å². The van der Waals surface area contributed by atoms with E-state index in [4.69, 9.17) is 28.0 Å². The highest BCUT2D eigenvalue weighted by molar-refractivity contribution is 7.80. The predicted molar refractivity (Wildman–Crippen MR) is 111 cm³/mol. The van der Waals surface area contributed by atoms with Gasteiger partial charge in [-0.1, -0.05) is 0 Å². The molecule has 15 nitrogen and oxygen atoms in total. The summed E-state index contributed by atoms with van der Waals surface area (Å²) in [5.41, 5.74) is 20.6. The molecule has 4 atom stereocenters. The van der Waals surface area contributed by atoms with Crippen molar-refractivity contribution in [3.05, 3.63) is 0 Å². The smallest absolute Gasteiger partial charge is 0.327 e. The fourth-order valence-electron chi connectivity index (χ4n) is 2.28. The lowest BCUT2D eigenvalue weighted by atomic mass is 10.1. The molecule has 0 aromatic rings. The zero-order chi connectivity index (χ0) is 25.0. The number of carbonyl (C=O) groups excluding carboxylic acids is 6. The normalized spacial score (nSPS) is 14.2. The van der Waals surface area contributed by atoms with Crippen LogP contribution in [-0.2, 0) is 33.6 Å². The van der Waals surface area contributed by atoms with Crippen LogP contribution < -0.4 is 38.9 Å². The van der Waals surface area contributed by atoms with E-state index in [1.807, 2.05) is 0 Å². The van der Waals surface area contributed by atoms with Crippen molar-refractivity contribution in [1.82, 2.24) is 16.0 Å². The zero-order valence-electron chi connectivity index (χ0n) is 16.9.